The van der Waals surface area contributed by atoms with E-state index < -0.39 is 10.7 Å². The molecule has 7 heteroatoms. The Hall–Kier alpha value is -3.22. The van der Waals surface area contributed by atoms with Crippen molar-refractivity contribution in [3.63, 3.8) is 0 Å². The van der Waals surface area contributed by atoms with Gasteiger partial charge in [-0.25, -0.2) is 9.37 Å². The van der Waals surface area contributed by atoms with E-state index in [4.69, 9.17) is 0 Å². The fourth-order valence-corrected chi connectivity index (χ4v) is 2.61. The quantitative estimate of drug-likeness (QED) is 0.526. The third-order valence-corrected chi connectivity index (χ3v) is 3.82. The molecule has 1 aromatic heterocycles. The fourth-order valence-electron chi connectivity index (χ4n) is 2.61. The molecular formula is C18H17FN4O2. The minimum absolute atomic E-state index is 0.144. The van der Waals surface area contributed by atoms with Crippen LogP contribution in [0.5, 0.6) is 0 Å². The molecule has 1 heterocycles. The SMILES string of the molecule is O=[N+]([O-])c1ccc(F)cc1NCCc1nccn1Cc1ccccc1. The first-order valence-corrected chi connectivity index (χ1v) is 7.85. The molecule has 6 nitrogen and oxygen atoms in total. The van der Waals surface area contributed by atoms with Crippen LogP contribution in [0.25, 0.3) is 0 Å². The Morgan fingerprint density at radius 2 is 2.00 bits per heavy atom. The van der Waals surface area contributed by atoms with E-state index >= 15 is 0 Å². The van der Waals surface area contributed by atoms with Crippen molar-refractivity contribution in [1.29, 1.82) is 0 Å². The Bertz CT molecular complexity index is 865. The summed E-state index contributed by atoms with van der Waals surface area (Å²) in [5, 5.41) is 13.9. The lowest BCUT2D eigenvalue weighted by molar-refractivity contribution is -0.384. The highest BCUT2D eigenvalue weighted by Crippen LogP contribution is 2.24. The van der Waals surface area contributed by atoms with Crippen LogP contribution in [-0.2, 0) is 13.0 Å². The average molecular weight is 340 g/mol. The minimum atomic E-state index is -0.530. The van der Waals surface area contributed by atoms with Gasteiger partial charge < -0.3 is 9.88 Å². The summed E-state index contributed by atoms with van der Waals surface area (Å²) in [4.78, 5) is 14.8. The number of rotatable bonds is 7. The summed E-state index contributed by atoms with van der Waals surface area (Å²) in [7, 11) is 0. The van der Waals surface area contributed by atoms with Crippen molar-refractivity contribution >= 4 is 11.4 Å². The van der Waals surface area contributed by atoms with E-state index in [-0.39, 0.29) is 11.4 Å². The van der Waals surface area contributed by atoms with Gasteiger partial charge in [0.25, 0.3) is 5.69 Å². The summed E-state index contributed by atoms with van der Waals surface area (Å²) >= 11 is 0. The maximum Gasteiger partial charge on any atom is 0.292 e. The fraction of sp³-hybridized carbons (Fsp3) is 0.167. The van der Waals surface area contributed by atoms with E-state index in [1.54, 1.807) is 6.20 Å². The summed E-state index contributed by atoms with van der Waals surface area (Å²) in [6.07, 6.45) is 4.18. The molecular weight excluding hydrogens is 323 g/mol. The van der Waals surface area contributed by atoms with Crippen LogP contribution in [0, 0.1) is 15.9 Å². The molecule has 0 unspecified atom stereocenters. The number of aromatic nitrogens is 2. The van der Waals surface area contributed by atoms with Crippen molar-refractivity contribution in [1.82, 2.24) is 9.55 Å². The molecule has 0 amide bonds. The molecule has 2 aromatic carbocycles. The number of nitrogens with one attached hydrogen (secondary N) is 1. The van der Waals surface area contributed by atoms with Gasteiger partial charge in [-0.1, -0.05) is 30.3 Å². The molecule has 128 valence electrons. The van der Waals surface area contributed by atoms with E-state index in [0.29, 0.717) is 19.5 Å². The molecule has 3 rings (SSSR count). The van der Waals surface area contributed by atoms with Crippen molar-refractivity contribution in [3.05, 3.63) is 88.2 Å². The third-order valence-electron chi connectivity index (χ3n) is 3.82. The summed E-state index contributed by atoms with van der Waals surface area (Å²) in [6.45, 7) is 1.12. The van der Waals surface area contributed by atoms with Crippen molar-refractivity contribution in [2.75, 3.05) is 11.9 Å². The monoisotopic (exact) mass is 340 g/mol. The molecule has 0 aliphatic heterocycles. The molecule has 3 aromatic rings. The molecule has 0 atom stereocenters. The summed E-state index contributed by atoms with van der Waals surface area (Å²) < 4.78 is 15.4. The van der Waals surface area contributed by atoms with Gasteiger partial charge in [-0.05, 0) is 11.6 Å². The summed E-state index contributed by atoms with van der Waals surface area (Å²) in [5.74, 6) is 0.342. The maximum absolute atomic E-state index is 13.3. The van der Waals surface area contributed by atoms with Crippen LogP contribution in [0.2, 0.25) is 0 Å². The lowest BCUT2D eigenvalue weighted by Gasteiger charge is -2.10. The van der Waals surface area contributed by atoms with E-state index in [2.05, 4.69) is 10.3 Å². The number of nitro groups is 1. The molecule has 0 spiro atoms. The standard InChI is InChI=1S/C18H17FN4O2/c19-15-6-7-17(23(24)25)16(12-15)20-9-8-18-21-10-11-22(18)13-14-4-2-1-3-5-14/h1-7,10-12,20H,8-9,13H2. The second-order valence-corrected chi connectivity index (χ2v) is 5.55. The zero-order valence-corrected chi connectivity index (χ0v) is 13.4. The molecule has 1 N–H and O–H groups in total. The van der Waals surface area contributed by atoms with Crippen molar-refractivity contribution in [3.8, 4) is 0 Å². The zero-order chi connectivity index (χ0) is 17.6. The number of hydrogen-bond donors (Lipinski definition) is 1. The Morgan fingerprint density at radius 1 is 1.20 bits per heavy atom. The minimum Gasteiger partial charge on any atom is -0.379 e. The van der Waals surface area contributed by atoms with Crippen molar-refractivity contribution in [2.24, 2.45) is 0 Å². The first-order chi connectivity index (χ1) is 12.1. The number of anilines is 1. The Balaban J connectivity index is 1.65. The maximum atomic E-state index is 13.3. The van der Waals surface area contributed by atoms with Gasteiger partial charge in [0.05, 0.1) is 4.92 Å². The van der Waals surface area contributed by atoms with Gasteiger partial charge in [-0.2, -0.15) is 0 Å². The predicted molar refractivity (Wildman–Crippen MR) is 93.0 cm³/mol. The highest BCUT2D eigenvalue weighted by Gasteiger charge is 2.14. The number of hydrogen-bond acceptors (Lipinski definition) is 4. The van der Waals surface area contributed by atoms with E-state index in [1.807, 2.05) is 41.1 Å². The van der Waals surface area contributed by atoms with Crippen LogP contribution in [0.15, 0.2) is 60.9 Å². The van der Waals surface area contributed by atoms with Gasteiger partial charge in [0.2, 0.25) is 0 Å². The average Bonchev–Trinajstić information content (AvgIpc) is 3.03. The van der Waals surface area contributed by atoms with Crippen LogP contribution in [0.4, 0.5) is 15.8 Å². The molecule has 0 saturated carbocycles. The van der Waals surface area contributed by atoms with Gasteiger partial charge in [-0.3, -0.25) is 10.1 Å². The second-order valence-electron chi connectivity index (χ2n) is 5.55. The van der Waals surface area contributed by atoms with Gasteiger partial charge >= 0.3 is 0 Å². The van der Waals surface area contributed by atoms with E-state index in [0.717, 1.165) is 29.6 Å². The van der Waals surface area contributed by atoms with Crippen LogP contribution in [0.1, 0.15) is 11.4 Å². The highest BCUT2D eigenvalue weighted by molar-refractivity contribution is 5.61. The number of halogens is 1. The van der Waals surface area contributed by atoms with E-state index in [1.165, 1.54) is 0 Å². The zero-order valence-electron chi connectivity index (χ0n) is 13.4. The molecule has 0 saturated heterocycles. The van der Waals surface area contributed by atoms with Crippen LogP contribution in [0.3, 0.4) is 0 Å². The Kier molecular flexibility index (Phi) is 5.03. The molecule has 25 heavy (non-hydrogen) atoms. The number of benzene rings is 2. The largest absolute Gasteiger partial charge is 0.379 e. The molecule has 0 aliphatic carbocycles. The smallest absolute Gasteiger partial charge is 0.292 e. The van der Waals surface area contributed by atoms with Crippen LogP contribution in [-0.4, -0.2) is 21.0 Å². The highest BCUT2D eigenvalue weighted by atomic mass is 19.1. The lowest BCUT2D eigenvalue weighted by atomic mass is 10.2. The van der Waals surface area contributed by atoms with Crippen LogP contribution >= 0.6 is 0 Å². The first-order valence-electron chi connectivity index (χ1n) is 7.85. The Morgan fingerprint density at radius 3 is 2.76 bits per heavy atom. The predicted octanol–water partition coefficient (Wildman–Crippen LogP) is 3.63. The third kappa shape index (κ3) is 4.20. The van der Waals surface area contributed by atoms with Gasteiger partial charge in [0, 0.05) is 44.0 Å². The molecule has 0 radical (unpaired) electrons. The van der Waals surface area contributed by atoms with Crippen molar-refractivity contribution in [2.45, 2.75) is 13.0 Å². The molecule has 0 bridgehead atoms. The Labute approximate surface area is 144 Å². The first kappa shape index (κ1) is 16.6. The lowest BCUT2D eigenvalue weighted by Crippen LogP contribution is -2.12. The van der Waals surface area contributed by atoms with Crippen molar-refractivity contribution < 1.29 is 9.31 Å². The second kappa shape index (κ2) is 7.57. The van der Waals surface area contributed by atoms with Crippen LogP contribution < -0.4 is 5.32 Å². The molecule has 0 aliphatic rings. The molecule has 0 fully saturated rings. The summed E-state index contributed by atoms with van der Waals surface area (Å²) in [6, 6.07) is 13.4. The number of nitrogens with zero attached hydrogens (tertiary/aromatic N) is 3. The summed E-state index contributed by atoms with van der Waals surface area (Å²) in [5.41, 5.74) is 1.19. The van der Waals surface area contributed by atoms with Gasteiger partial charge in [0.15, 0.2) is 0 Å². The van der Waals surface area contributed by atoms with E-state index in [9.17, 15) is 14.5 Å². The number of nitro benzene ring substituents is 1. The van der Waals surface area contributed by atoms with Gasteiger partial charge in [-0.15, -0.1) is 0 Å². The van der Waals surface area contributed by atoms with Gasteiger partial charge in [0.1, 0.15) is 17.3 Å². The topological polar surface area (TPSA) is 73.0 Å². The number of imidazole rings is 1. The normalized spacial score (nSPS) is 10.6.